The number of benzene rings is 4. The highest BCUT2D eigenvalue weighted by Gasteiger charge is 2.35. The van der Waals surface area contributed by atoms with Gasteiger partial charge in [0.05, 0.1) is 16.9 Å². The number of nitrogens with zero attached hydrogens (tertiary/aromatic N) is 3. The van der Waals surface area contributed by atoms with Gasteiger partial charge in [0, 0.05) is 51.3 Å². The van der Waals surface area contributed by atoms with Crippen molar-refractivity contribution in [1.82, 2.24) is 14.5 Å². The molecule has 0 radical (unpaired) electrons. The lowest BCUT2D eigenvalue weighted by molar-refractivity contribution is 0.419. The molecule has 4 aromatic carbocycles. The summed E-state index contributed by atoms with van der Waals surface area (Å²) in [5.74, 6) is 3.29. The average molecular weight is 546 g/mol. The fraction of sp³-hybridized carbons (Fsp3) is 0.0811. The second-order valence-corrected chi connectivity index (χ2v) is 11.1. The number of pyridine rings is 2. The fourth-order valence-corrected chi connectivity index (χ4v) is 6.11. The summed E-state index contributed by atoms with van der Waals surface area (Å²) in [5, 5.41) is 2.17. The molecule has 202 valence electrons. The van der Waals surface area contributed by atoms with Gasteiger partial charge < -0.3 is 9.47 Å². The molecule has 0 saturated carbocycles. The van der Waals surface area contributed by atoms with Gasteiger partial charge in [-0.2, -0.15) is 0 Å². The second kappa shape index (κ2) is 9.32. The van der Waals surface area contributed by atoms with Crippen LogP contribution in [0.15, 0.2) is 128 Å². The third kappa shape index (κ3) is 3.85. The molecule has 3 aromatic heterocycles. The Morgan fingerprint density at radius 2 is 1.45 bits per heavy atom. The second-order valence-electron chi connectivity index (χ2n) is 11.1. The van der Waals surface area contributed by atoms with Gasteiger partial charge in [-0.1, -0.05) is 56.3 Å². The predicted octanol–water partition coefficient (Wildman–Crippen LogP) is 9.46. The number of ether oxygens (including phenoxy) is 2. The maximum absolute atomic E-state index is 6.46. The van der Waals surface area contributed by atoms with Crippen molar-refractivity contribution in [3.63, 3.8) is 0 Å². The van der Waals surface area contributed by atoms with Gasteiger partial charge in [0.15, 0.2) is 0 Å². The van der Waals surface area contributed by atoms with Crippen LogP contribution in [-0.2, 0) is 5.41 Å². The summed E-state index contributed by atoms with van der Waals surface area (Å²) in [5.41, 5.74) is 6.96. The summed E-state index contributed by atoms with van der Waals surface area (Å²) in [4.78, 5) is 9.31. The largest absolute Gasteiger partial charge is 0.457 e. The van der Waals surface area contributed by atoms with E-state index in [-0.39, 0.29) is 5.41 Å². The topological polar surface area (TPSA) is 49.2 Å². The molecule has 0 fully saturated rings. The zero-order chi connectivity index (χ0) is 28.3. The monoisotopic (exact) mass is 545 g/mol. The van der Waals surface area contributed by atoms with E-state index in [1.807, 2.05) is 79.0 Å². The van der Waals surface area contributed by atoms with Crippen molar-refractivity contribution in [1.29, 1.82) is 0 Å². The number of fused-ring (bicyclic) bond motifs is 5. The molecule has 0 atom stereocenters. The number of rotatable bonds is 4. The first kappa shape index (κ1) is 24.4. The van der Waals surface area contributed by atoms with Crippen LogP contribution in [0.1, 0.15) is 25.0 Å². The molecule has 0 N–H and O–H groups in total. The van der Waals surface area contributed by atoms with Crippen LogP contribution in [0.4, 0.5) is 0 Å². The van der Waals surface area contributed by atoms with Crippen molar-refractivity contribution < 1.29 is 9.47 Å². The van der Waals surface area contributed by atoms with E-state index < -0.39 is 0 Å². The van der Waals surface area contributed by atoms with Crippen LogP contribution in [0.25, 0.3) is 38.9 Å². The normalized spacial score (nSPS) is 13.4. The van der Waals surface area contributed by atoms with Crippen molar-refractivity contribution in [2.45, 2.75) is 19.3 Å². The minimum absolute atomic E-state index is 0.226. The van der Waals surface area contributed by atoms with Gasteiger partial charge in [-0.3, -0.25) is 9.55 Å². The first-order valence-corrected chi connectivity index (χ1v) is 14.1. The summed E-state index contributed by atoms with van der Waals surface area (Å²) in [6.45, 7) is 4.52. The lowest BCUT2D eigenvalue weighted by atomic mass is 9.75. The van der Waals surface area contributed by atoms with Gasteiger partial charge in [0.25, 0.3) is 0 Å². The molecule has 0 aliphatic carbocycles. The molecule has 1 aliphatic rings. The fourth-order valence-electron chi connectivity index (χ4n) is 6.11. The number of hydrogen-bond acceptors (Lipinski definition) is 4. The Kier molecular flexibility index (Phi) is 5.41. The first-order valence-electron chi connectivity index (χ1n) is 14.1. The molecular formula is C37H27N3O2. The summed E-state index contributed by atoms with van der Waals surface area (Å²) < 4.78 is 15.1. The zero-order valence-corrected chi connectivity index (χ0v) is 23.3. The molecule has 7 aromatic rings. The van der Waals surface area contributed by atoms with E-state index in [0.29, 0.717) is 0 Å². The van der Waals surface area contributed by atoms with E-state index in [2.05, 4.69) is 65.9 Å². The van der Waals surface area contributed by atoms with Gasteiger partial charge in [0.2, 0.25) is 0 Å². The van der Waals surface area contributed by atoms with Crippen LogP contribution in [-0.4, -0.2) is 14.5 Å². The molecule has 8 rings (SSSR count). The molecule has 1 aliphatic heterocycles. The summed E-state index contributed by atoms with van der Waals surface area (Å²) in [7, 11) is 0. The van der Waals surface area contributed by atoms with Crippen molar-refractivity contribution >= 4 is 21.9 Å². The maximum Gasteiger partial charge on any atom is 0.145 e. The molecule has 0 unspecified atom stereocenters. The smallest absolute Gasteiger partial charge is 0.145 e. The number of hydrogen-bond donors (Lipinski definition) is 0. The lowest BCUT2D eigenvalue weighted by Crippen LogP contribution is -2.24. The summed E-state index contributed by atoms with van der Waals surface area (Å²) >= 11 is 0. The molecule has 42 heavy (non-hydrogen) atoms. The predicted molar refractivity (Wildman–Crippen MR) is 167 cm³/mol. The van der Waals surface area contributed by atoms with Crippen molar-refractivity contribution in [2.75, 3.05) is 0 Å². The minimum Gasteiger partial charge on any atom is -0.457 e. The van der Waals surface area contributed by atoms with Crippen molar-refractivity contribution in [3.05, 3.63) is 139 Å². The average Bonchev–Trinajstić information content (AvgIpc) is 3.35. The number of aromatic nitrogens is 3. The lowest BCUT2D eigenvalue weighted by Gasteiger charge is -2.34. The highest BCUT2D eigenvalue weighted by Crippen LogP contribution is 2.50. The van der Waals surface area contributed by atoms with Gasteiger partial charge in [0.1, 0.15) is 28.6 Å². The van der Waals surface area contributed by atoms with Crippen LogP contribution in [0.2, 0.25) is 0 Å². The molecule has 5 nitrogen and oxygen atoms in total. The Hall–Kier alpha value is -5.42. The quantitative estimate of drug-likeness (QED) is 0.221. The van der Waals surface area contributed by atoms with Gasteiger partial charge >= 0.3 is 0 Å². The number of para-hydroxylation sites is 1. The summed E-state index contributed by atoms with van der Waals surface area (Å²) in [6, 6.07) is 38.9. The Labute approximate surface area is 243 Å². The standard InChI is InChI=1S/C37H27N3O2/c1-37(2)30-15-3-4-17-34(30)42-35-22-29-28-14-9-19-39-36(28)40(33(29)23-31(35)37)25-11-8-13-27(21-25)41-26-12-7-10-24(20-26)32-16-5-6-18-38-32/h3-23H,1-2H3. The molecular weight excluding hydrogens is 518 g/mol. The van der Waals surface area contributed by atoms with Crippen LogP contribution >= 0.6 is 0 Å². The van der Waals surface area contributed by atoms with E-state index in [9.17, 15) is 0 Å². The zero-order valence-electron chi connectivity index (χ0n) is 23.3. The van der Waals surface area contributed by atoms with E-state index in [4.69, 9.17) is 14.5 Å². The molecule has 4 heterocycles. The Morgan fingerprint density at radius 1 is 0.643 bits per heavy atom. The maximum atomic E-state index is 6.46. The van der Waals surface area contributed by atoms with Crippen LogP contribution in [0.3, 0.4) is 0 Å². The molecule has 0 spiro atoms. The van der Waals surface area contributed by atoms with Gasteiger partial charge in [-0.15, -0.1) is 0 Å². The van der Waals surface area contributed by atoms with Crippen LogP contribution in [0, 0.1) is 0 Å². The Balaban J connectivity index is 1.25. The Morgan fingerprint density at radius 3 is 2.33 bits per heavy atom. The van der Waals surface area contributed by atoms with Crippen LogP contribution < -0.4 is 9.47 Å². The highest BCUT2D eigenvalue weighted by atomic mass is 16.5. The van der Waals surface area contributed by atoms with E-state index in [0.717, 1.165) is 67.4 Å². The SMILES string of the molecule is CC1(C)c2ccccc2Oc2cc3c4cccnc4n(-c4cccc(Oc5cccc(-c6ccccn6)c5)c4)c3cc21. The molecule has 0 saturated heterocycles. The molecule has 0 bridgehead atoms. The van der Waals surface area contributed by atoms with Crippen molar-refractivity contribution in [2.24, 2.45) is 0 Å². The summed E-state index contributed by atoms with van der Waals surface area (Å²) in [6.07, 6.45) is 3.65. The highest BCUT2D eigenvalue weighted by molar-refractivity contribution is 6.09. The van der Waals surface area contributed by atoms with Crippen molar-refractivity contribution in [3.8, 4) is 39.9 Å². The van der Waals surface area contributed by atoms with Gasteiger partial charge in [-0.05, 0) is 66.7 Å². The van der Waals surface area contributed by atoms with E-state index >= 15 is 0 Å². The van der Waals surface area contributed by atoms with E-state index in [1.54, 1.807) is 6.20 Å². The third-order valence-electron chi connectivity index (χ3n) is 8.19. The van der Waals surface area contributed by atoms with Crippen LogP contribution in [0.5, 0.6) is 23.0 Å². The first-order chi connectivity index (χ1) is 20.6. The third-order valence-corrected chi connectivity index (χ3v) is 8.19. The Bertz CT molecular complexity index is 2130. The molecule has 5 heteroatoms. The minimum atomic E-state index is -0.226. The molecule has 0 amide bonds. The van der Waals surface area contributed by atoms with Gasteiger partial charge in [-0.25, -0.2) is 4.98 Å². The van der Waals surface area contributed by atoms with E-state index in [1.165, 1.54) is 5.56 Å².